The van der Waals surface area contributed by atoms with Gasteiger partial charge in [0.2, 0.25) is 0 Å². The predicted octanol–water partition coefficient (Wildman–Crippen LogP) is 3.18. The summed E-state index contributed by atoms with van der Waals surface area (Å²) < 4.78 is 5.21. The highest BCUT2D eigenvalue weighted by Gasteiger charge is 2.01. The van der Waals surface area contributed by atoms with Crippen LogP contribution in [0.4, 0.5) is 5.13 Å². The summed E-state index contributed by atoms with van der Waals surface area (Å²) in [6.07, 6.45) is 0. The third kappa shape index (κ3) is 3.19. The number of nitrogen functional groups attached to an aromatic ring is 1. The number of halogens is 1. The van der Waals surface area contributed by atoms with E-state index in [1.165, 1.54) is 16.4 Å². The van der Waals surface area contributed by atoms with Gasteiger partial charge < -0.3 is 5.73 Å². The van der Waals surface area contributed by atoms with E-state index in [2.05, 4.69) is 37.4 Å². The monoisotopic (exact) mass is 301 g/mol. The van der Waals surface area contributed by atoms with E-state index in [0.717, 1.165) is 16.0 Å². The molecule has 0 unspecified atom stereocenters. The van der Waals surface area contributed by atoms with Crippen molar-refractivity contribution in [2.45, 2.75) is 10.6 Å². The van der Waals surface area contributed by atoms with Gasteiger partial charge in [-0.25, -0.2) is 4.98 Å². The molecule has 1 aromatic heterocycles. The van der Waals surface area contributed by atoms with Gasteiger partial charge in [0.05, 0.1) is 5.75 Å². The average Bonchev–Trinajstić information content (AvgIpc) is 2.64. The van der Waals surface area contributed by atoms with Crippen molar-refractivity contribution >= 4 is 44.4 Å². The van der Waals surface area contributed by atoms with Crippen molar-refractivity contribution in [1.29, 1.82) is 0 Å². The van der Waals surface area contributed by atoms with Crippen LogP contribution in [0.3, 0.4) is 0 Å². The third-order valence-corrected chi connectivity index (χ3v) is 3.78. The van der Waals surface area contributed by atoms with Crippen LogP contribution in [0.25, 0.3) is 0 Å². The maximum Gasteiger partial charge on any atom is 0.199 e. The Labute approximate surface area is 104 Å². The van der Waals surface area contributed by atoms with Crippen LogP contribution in [0.2, 0.25) is 0 Å². The number of benzene rings is 1. The van der Waals surface area contributed by atoms with E-state index in [1.54, 1.807) is 11.8 Å². The van der Waals surface area contributed by atoms with Crippen LogP contribution in [0.15, 0.2) is 33.6 Å². The molecule has 0 bridgehead atoms. The van der Waals surface area contributed by atoms with E-state index in [1.807, 2.05) is 12.1 Å². The molecule has 2 N–H and O–H groups in total. The summed E-state index contributed by atoms with van der Waals surface area (Å²) >= 11 is 6.33. The molecule has 1 aromatic carbocycles. The first-order valence-corrected chi connectivity index (χ1v) is 6.75. The third-order valence-electron chi connectivity index (χ3n) is 1.67. The van der Waals surface area contributed by atoms with Gasteiger partial charge in [0.15, 0.2) is 11.0 Å². The maximum absolute atomic E-state index is 5.50. The van der Waals surface area contributed by atoms with Crippen molar-refractivity contribution in [1.82, 2.24) is 9.36 Å². The van der Waals surface area contributed by atoms with Crippen LogP contribution in [0, 0.1) is 0 Å². The van der Waals surface area contributed by atoms with Gasteiger partial charge in [-0.15, -0.1) is 11.8 Å². The molecule has 15 heavy (non-hydrogen) atoms. The van der Waals surface area contributed by atoms with Crippen LogP contribution in [0.1, 0.15) is 5.82 Å². The zero-order valence-corrected chi connectivity index (χ0v) is 10.9. The van der Waals surface area contributed by atoms with Gasteiger partial charge in [-0.05, 0) is 24.3 Å². The number of nitrogens with zero attached hydrogens (tertiary/aromatic N) is 2. The quantitative estimate of drug-likeness (QED) is 0.885. The van der Waals surface area contributed by atoms with Gasteiger partial charge in [-0.1, -0.05) is 15.9 Å². The Morgan fingerprint density at radius 3 is 2.67 bits per heavy atom. The number of nitrogens with two attached hydrogens (primary N) is 1. The van der Waals surface area contributed by atoms with E-state index < -0.39 is 0 Å². The molecular weight excluding hydrogens is 294 g/mol. The lowest BCUT2D eigenvalue weighted by molar-refractivity contribution is 1.14. The molecule has 2 aromatic rings. The minimum atomic E-state index is 0.529. The normalized spacial score (nSPS) is 10.5. The van der Waals surface area contributed by atoms with Gasteiger partial charge in [-0.3, -0.25) is 0 Å². The molecule has 0 aliphatic carbocycles. The van der Waals surface area contributed by atoms with Crippen molar-refractivity contribution in [3.63, 3.8) is 0 Å². The Morgan fingerprint density at radius 1 is 1.33 bits per heavy atom. The van der Waals surface area contributed by atoms with Gasteiger partial charge >= 0.3 is 0 Å². The van der Waals surface area contributed by atoms with E-state index in [4.69, 9.17) is 5.73 Å². The second-order valence-corrected chi connectivity index (χ2v) is 5.54. The summed E-state index contributed by atoms with van der Waals surface area (Å²) in [5, 5.41) is 0.529. The standard InChI is InChI=1S/C9H8BrN3S2/c10-6-1-3-7(4-2-6)14-5-8-12-9(11)15-13-8/h1-4H,5H2,(H2,11,12,13). The van der Waals surface area contributed by atoms with E-state index in [0.29, 0.717) is 5.13 Å². The Kier molecular flexibility index (Phi) is 3.61. The van der Waals surface area contributed by atoms with E-state index in [-0.39, 0.29) is 0 Å². The lowest BCUT2D eigenvalue weighted by Crippen LogP contribution is -1.86. The molecule has 78 valence electrons. The van der Waals surface area contributed by atoms with Crippen molar-refractivity contribution in [2.24, 2.45) is 0 Å². The summed E-state index contributed by atoms with van der Waals surface area (Å²) in [7, 11) is 0. The zero-order valence-electron chi connectivity index (χ0n) is 7.68. The second-order valence-electron chi connectivity index (χ2n) is 2.79. The lowest BCUT2D eigenvalue weighted by Gasteiger charge is -1.98. The minimum Gasteiger partial charge on any atom is -0.374 e. The second kappa shape index (κ2) is 4.96. The molecule has 0 saturated heterocycles. The van der Waals surface area contributed by atoms with Crippen LogP contribution in [-0.4, -0.2) is 9.36 Å². The van der Waals surface area contributed by atoms with Crippen LogP contribution in [0.5, 0.6) is 0 Å². The molecule has 1 heterocycles. The first-order valence-electron chi connectivity index (χ1n) is 4.20. The maximum atomic E-state index is 5.50. The molecule has 0 radical (unpaired) electrons. The minimum absolute atomic E-state index is 0.529. The highest BCUT2D eigenvalue weighted by Crippen LogP contribution is 2.24. The molecule has 0 amide bonds. The van der Waals surface area contributed by atoms with Crippen molar-refractivity contribution in [3.05, 3.63) is 34.6 Å². The predicted molar refractivity (Wildman–Crippen MR) is 68.0 cm³/mol. The molecule has 0 atom stereocenters. The number of rotatable bonds is 3. The Morgan fingerprint density at radius 2 is 2.07 bits per heavy atom. The highest BCUT2D eigenvalue weighted by atomic mass is 79.9. The summed E-state index contributed by atoms with van der Waals surface area (Å²) in [5.74, 6) is 1.56. The topological polar surface area (TPSA) is 51.8 Å². The SMILES string of the molecule is Nc1nc(CSc2ccc(Br)cc2)ns1. The van der Waals surface area contributed by atoms with Gasteiger partial charge in [0.25, 0.3) is 0 Å². The fourth-order valence-corrected chi connectivity index (χ4v) is 2.55. The molecule has 2 rings (SSSR count). The van der Waals surface area contributed by atoms with Crippen molar-refractivity contribution in [3.8, 4) is 0 Å². The molecule has 6 heteroatoms. The first-order chi connectivity index (χ1) is 7.24. The zero-order chi connectivity index (χ0) is 10.7. The summed E-state index contributed by atoms with van der Waals surface area (Å²) in [5.41, 5.74) is 5.50. The number of thioether (sulfide) groups is 1. The molecule has 0 saturated carbocycles. The number of hydrogen-bond acceptors (Lipinski definition) is 5. The van der Waals surface area contributed by atoms with Gasteiger partial charge in [-0.2, -0.15) is 4.37 Å². The van der Waals surface area contributed by atoms with E-state index in [9.17, 15) is 0 Å². The van der Waals surface area contributed by atoms with E-state index >= 15 is 0 Å². The smallest absolute Gasteiger partial charge is 0.199 e. The Balaban J connectivity index is 1.96. The highest BCUT2D eigenvalue weighted by molar-refractivity contribution is 9.10. The Hall–Kier alpha value is -0.590. The molecule has 0 aliphatic rings. The fourth-order valence-electron chi connectivity index (χ4n) is 1.00. The molecular formula is C9H8BrN3S2. The number of hydrogen-bond donors (Lipinski definition) is 1. The Bertz CT molecular complexity index is 441. The molecule has 0 fully saturated rings. The van der Waals surface area contributed by atoms with Crippen molar-refractivity contribution < 1.29 is 0 Å². The molecule has 3 nitrogen and oxygen atoms in total. The van der Waals surface area contributed by atoms with Crippen LogP contribution >= 0.6 is 39.2 Å². The molecule has 0 spiro atoms. The number of anilines is 1. The summed E-state index contributed by atoms with van der Waals surface area (Å²) in [6.45, 7) is 0. The van der Waals surface area contributed by atoms with Crippen LogP contribution in [-0.2, 0) is 5.75 Å². The van der Waals surface area contributed by atoms with Crippen molar-refractivity contribution in [2.75, 3.05) is 5.73 Å². The fraction of sp³-hybridized carbons (Fsp3) is 0.111. The number of aromatic nitrogens is 2. The average molecular weight is 302 g/mol. The first kappa shape index (κ1) is 10.9. The molecule has 0 aliphatic heterocycles. The lowest BCUT2D eigenvalue weighted by atomic mass is 10.4. The summed E-state index contributed by atoms with van der Waals surface area (Å²) in [6, 6.07) is 8.16. The largest absolute Gasteiger partial charge is 0.374 e. The van der Waals surface area contributed by atoms with Crippen LogP contribution < -0.4 is 5.73 Å². The van der Waals surface area contributed by atoms with Gasteiger partial charge in [0.1, 0.15) is 0 Å². The van der Waals surface area contributed by atoms with Gasteiger partial charge in [0, 0.05) is 20.9 Å². The summed E-state index contributed by atoms with van der Waals surface area (Å²) in [4.78, 5) is 5.30.